The van der Waals surface area contributed by atoms with Gasteiger partial charge in [-0.1, -0.05) is 143 Å². The lowest BCUT2D eigenvalue weighted by Gasteiger charge is -2.38. The van der Waals surface area contributed by atoms with E-state index in [4.69, 9.17) is 4.74 Å². The third-order valence-electron chi connectivity index (χ3n) is 12.9. The Morgan fingerprint density at radius 3 is 1.20 bits per heavy atom. The Bertz CT molecular complexity index is 2470. The number of carbonyl (C=O) groups is 1. The number of hydrogen-bond donors (Lipinski definition) is 0. The van der Waals surface area contributed by atoms with Crippen molar-refractivity contribution in [1.29, 1.82) is 0 Å². The van der Waals surface area contributed by atoms with Gasteiger partial charge in [0.2, 0.25) is 0 Å². The first-order valence-electron chi connectivity index (χ1n) is 20.3. The van der Waals surface area contributed by atoms with E-state index in [2.05, 4.69) is 173 Å². The molecule has 0 fully saturated rings. The second kappa shape index (κ2) is 15.9. The molecule has 0 aliphatic rings. The van der Waals surface area contributed by atoms with Crippen LogP contribution in [0.5, 0.6) is 5.75 Å². The van der Waals surface area contributed by atoms with Crippen LogP contribution >= 0.6 is 0 Å². The average Bonchev–Trinajstić information content (AvgIpc) is 3.13. The summed E-state index contributed by atoms with van der Waals surface area (Å²) in [5, 5.41) is 9.52. The van der Waals surface area contributed by atoms with Gasteiger partial charge < -0.3 is 4.74 Å². The van der Waals surface area contributed by atoms with E-state index in [0.29, 0.717) is 45.5 Å². The van der Waals surface area contributed by atoms with Crippen molar-refractivity contribution in [3.05, 3.63) is 102 Å². The quantitative estimate of drug-likeness (QED) is 0.0635. The van der Waals surface area contributed by atoms with Gasteiger partial charge in [-0.05, 0) is 130 Å². The zero-order valence-corrected chi connectivity index (χ0v) is 37.0. The highest BCUT2D eigenvalue weighted by atomic mass is 28.3. The summed E-state index contributed by atoms with van der Waals surface area (Å²) in [6.07, 6.45) is 0. The van der Waals surface area contributed by atoms with Gasteiger partial charge in [-0.15, -0.1) is 11.1 Å². The third kappa shape index (κ3) is 7.17. The lowest BCUT2D eigenvalue weighted by atomic mass is 9.88. The van der Waals surface area contributed by atoms with Crippen LogP contribution in [0.3, 0.4) is 0 Å². The van der Waals surface area contributed by atoms with E-state index in [0.717, 1.165) is 27.6 Å². The van der Waals surface area contributed by atoms with Crippen molar-refractivity contribution >= 4 is 65.7 Å². The van der Waals surface area contributed by atoms with E-state index in [1.165, 1.54) is 37.7 Å². The Morgan fingerprint density at radius 2 is 0.818 bits per heavy atom. The predicted molar refractivity (Wildman–Crippen MR) is 244 cm³/mol. The predicted octanol–water partition coefficient (Wildman–Crippen LogP) is 14.6. The minimum Gasteiger partial charge on any atom is -0.429 e. The number of benzene rings is 6. The third-order valence-corrected chi connectivity index (χ3v) is 25.4. The highest BCUT2D eigenvalue weighted by molar-refractivity contribution is 6.91. The maximum Gasteiger partial charge on any atom is 0.298 e. The van der Waals surface area contributed by atoms with Gasteiger partial charge in [0.1, 0.15) is 21.9 Å². The van der Waals surface area contributed by atoms with Crippen LogP contribution in [0.1, 0.15) is 94.2 Å². The Morgan fingerprint density at radius 1 is 0.455 bits per heavy atom. The fraction of sp³-hybridized carbons (Fsp3) is 0.353. The van der Waals surface area contributed by atoms with Crippen LogP contribution in [0.2, 0.25) is 33.2 Å². The molecule has 2 nitrogen and oxygen atoms in total. The molecule has 6 aromatic carbocycles. The van der Waals surface area contributed by atoms with E-state index in [1.54, 1.807) is 0 Å². The number of rotatable bonds is 9. The van der Waals surface area contributed by atoms with Crippen molar-refractivity contribution < 1.29 is 9.53 Å². The fourth-order valence-electron chi connectivity index (χ4n) is 10.1. The molecule has 0 aliphatic carbocycles. The molecule has 0 saturated heterocycles. The summed E-state index contributed by atoms with van der Waals surface area (Å²) >= 11 is 0. The number of hydrogen-bond acceptors (Lipinski definition) is 2. The van der Waals surface area contributed by atoms with Gasteiger partial charge in [0, 0.05) is 11.1 Å². The molecule has 0 unspecified atom stereocenters. The van der Waals surface area contributed by atoms with Crippen molar-refractivity contribution in [2.24, 2.45) is 0 Å². The first-order valence-corrected chi connectivity index (χ1v) is 24.7. The van der Waals surface area contributed by atoms with Gasteiger partial charge in [0.15, 0.2) is 0 Å². The van der Waals surface area contributed by atoms with Gasteiger partial charge >= 0.3 is 0 Å². The Labute approximate surface area is 332 Å². The fourth-order valence-corrected chi connectivity index (χ4v) is 20.5. The summed E-state index contributed by atoms with van der Waals surface area (Å²) in [5.41, 5.74) is 15.8. The minimum atomic E-state index is -2.06. The Balaban J connectivity index is 1.78. The number of ether oxygens (including phenoxy) is 1. The van der Waals surface area contributed by atoms with Crippen LogP contribution < -0.4 is 4.74 Å². The molecule has 0 spiro atoms. The summed E-state index contributed by atoms with van der Waals surface area (Å²) in [6.45, 7) is 29.2. The molecule has 6 aromatic rings. The van der Waals surface area contributed by atoms with Gasteiger partial charge in [-0.3, -0.25) is 4.79 Å². The zero-order valence-electron chi connectivity index (χ0n) is 35.0. The summed E-state index contributed by atoms with van der Waals surface area (Å²) in [6, 6.07) is 32.6. The molecule has 6 rings (SSSR count). The zero-order chi connectivity index (χ0) is 39.8. The molecule has 0 aliphatic heterocycles. The van der Waals surface area contributed by atoms with Crippen molar-refractivity contribution in [2.75, 3.05) is 0 Å². The molecule has 4 heteroatoms. The molecule has 0 heterocycles. The first kappa shape index (κ1) is 40.1. The first-order chi connectivity index (χ1) is 26.1. The lowest BCUT2D eigenvalue weighted by Crippen LogP contribution is -2.43. The van der Waals surface area contributed by atoms with Gasteiger partial charge in [0.25, 0.3) is 6.47 Å². The summed E-state index contributed by atoms with van der Waals surface area (Å²) in [4.78, 5) is 10.9. The van der Waals surface area contributed by atoms with Crippen molar-refractivity contribution in [3.63, 3.8) is 0 Å². The summed E-state index contributed by atoms with van der Waals surface area (Å²) < 4.78 is 5.07. The van der Waals surface area contributed by atoms with E-state index in [-0.39, 0.29) is 0 Å². The van der Waals surface area contributed by atoms with Gasteiger partial charge in [-0.25, -0.2) is 0 Å². The van der Waals surface area contributed by atoms with E-state index >= 15 is 0 Å². The monoisotopic (exact) mass is 758 g/mol. The van der Waals surface area contributed by atoms with E-state index in [1.807, 2.05) is 24.3 Å². The minimum absolute atomic E-state index is 0.467. The van der Waals surface area contributed by atoms with Crippen molar-refractivity contribution in [2.45, 2.75) is 116 Å². The Hall–Kier alpha value is -4.62. The van der Waals surface area contributed by atoms with Crippen molar-refractivity contribution in [3.8, 4) is 39.8 Å². The standard InChI is InChI=1S/C51H58O2Si2/c1-33(2)54(34(3)4,35(5)6)25-23-46-48-28-40-15-13-14-16-41(40)29-49(48)47(24-26-55(36(7)8,37(9)10)38(11)12)51-31-44-27-42(17-18-43(44)30-50(46)51)39-19-21-45(22-20-39)53-32-52/h13-22,27-38H,1-12H3. The molecule has 0 saturated carbocycles. The molecule has 0 atom stereocenters. The number of carbonyl (C=O) groups excluding carboxylic acids is 1. The maximum absolute atomic E-state index is 10.9. The van der Waals surface area contributed by atoms with Crippen LogP contribution in [-0.4, -0.2) is 22.6 Å². The smallest absolute Gasteiger partial charge is 0.298 e. The second-order valence-electron chi connectivity index (χ2n) is 17.5. The molecule has 0 amide bonds. The Kier molecular flexibility index (Phi) is 11.5. The largest absolute Gasteiger partial charge is 0.429 e. The molecular formula is C51H58O2Si2. The molecular weight excluding hydrogens is 701 g/mol. The topological polar surface area (TPSA) is 26.3 Å². The molecule has 0 N–H and O–H groups in total. The number of fused-ring (bicyclic) bond motifs is 4. The van der Waals surface area contributed by atoms with Crippen LogP contribution in [0.15, 0.2) is 91.0 Å². The van der Waals surface area contributed by atoms with Gasteiger partial charge in [-0.2, -0.15) is 0 Å². The summed E-state index contributed by atoms with van der Waals surface area (Å²) in [7, 11) is -4.11. The molecule has 55 heavy (non-hydrogen) atoms. The van der Waals surface area contributed by atoms with Crippen LogP contribution in [0, 0.1) is 22.9 Å². The van der Waals surface area contributed by atoms with E-state index in [9.17, 15) is 4.79 Å². The molecule has 0 radical (unpaired) electrons. The normalized spacial score (nSPS) is 12.4. The van der Waals surface area contributed by atoms with Crippen LogP contribution in [-0.2, 0) is 4.79 Å². The average molecular weight is 759 g/mol. The molecule has 282 valence electrons. The second-order valence-corrected chi connectivity index (χ2v) is 28.6. The highest BCUT2D eigenvalue weighted by Crippen LogP contribution is 2.44. The summed E-state index contributed by atoms with van der Waals surface area (Å²) in [5.74, 6) is 8.51. The maximum atomic E-state index is 10.9. The van der Waals surface area contributed by atoms with E-state index < -0.39 is 16.1 Å². The molecule has 0 aromatic heterocycles. The molecule has 0 bridgehead atoms. The SMILES string of the molecule is CC(C)[Si](C#Cc1c2cc3ccccc3cc2c(C#C[Si](C(C)C)(C(C)C)C(C)C)c2cc3cc(-c4ccc(OC=O)cc4)ccc3cc12)(C(C)C)C(C)C. The van der Waals surface area contributed by atoms with Crippen LogP contribution in [0.4, 0.5) is 0 Å². The highest BCUT2D eigenvalue weighted by Gasteiger charge is 2.43. The van der Waals surface area contributed by atoms with Crippen molar-refractivity contribution in [1.82, 2.24) is 0 Å². The lowest BCUT2D eigenvalue weighted by molar-refractivity contribution is -0.120. The van der Waals surface area contributed by atoms with Crippen LogP contribution in [0.25, 0.3) is 54.2 Å². The van der Waals surface area contributed by atoms with Gasteiger partial charge in [0.05, 0.1) is 0 Å².